The zero-order chi connectivity index (χ0) is 13.8. The van der Waals surface area contributed by atoms with Crippen molar-refractivity contribution in [1.82, 2.24) is 0 Å². The second kappa shape index (κ2) is 5.75. The molecule has 0 aliphatic heterocycles. The van der Waals surface area contributed by atoms with Gasteiger partial charge < -0.3 is 0 Å². The van der Waals surface area contributed by atoms with Crippen LogP contribution in [0.4, 0.5) is 4.39 Å². The van der Waals surface area contributed by atoms with Crippen LogP contribution in [0, 0.1) is 15.9 Å². The zero-order valence-electron chi connectivity index (χ0n) is 10.3. The molecule has 0 unspecified atom stereocenters. The summed E-state index contributed by atoms with van der Waals surface area (Å²) < 4.78 is 12.8. The average molecular weight is 277 g/mol. The first-order valence-corrected chi connectivity index (χ1v) is 6.62. The minimum Gasteiger partial charge on any atom is -0.259 e. The van der Waals surface area contributed by atoms with Crippen molar-refractivity contribution in [2.45, 2.75) is 13.3 Å². The second-order valence-electron chi connectivity index (χ2n) is 3.96. The summed E-state index contributed by atoms with van der Waals surface area (Å²) in [6.07, 6.45) is 1.97. The molecule has 0 atom stereocenters. The van der Waals surface area contributed by atoms with E-state index in [0.29, 0.717) is 6.42 Å². The van der Waals surface area contributed by atoms with Crippen LogP contribution in [-0.4, -0.2) is 4.92 Å². The largest absolute Gasteiger partial charge is 0.259 e. The zero-order valence-corrected chi connectivity index (χ0v) is 11.1. The monoisotopic (exact) mass is 277 g/mol. The van der Waals surface area contributed by atoms with Crippen LogP contribution in [0.3, 0.4) is 0 Å². The van der Waals surface area contributed by atoms with Crippen LogP contribution < -0.4 is 0 Å². The fourth-order valence-corrected chi connectivity index (χ4v) is 2.62. The van der Waals surface area contributed by atoms with Crippen LogP contribution in [0.5, 0.6) is 0 Å². The van der Waals surface area contributed by atoms with Crippen LogP contribution in [0.25, 0.3) is 16.5 Å². The normalized spacial score (nSPS) is 11.6. The van der Waals surface area contributed by atoms with Crippen molar-refractivity contribution in [2.75, 3.05) is 0 Å². The van der Waals surface area contributed by atoms with Gasteiger partial charge in [0.25, 0.3) is 0 Å². The maximum absolute atomic E-state index is 12.8. The lowest BCUT2D eigenvalue weighted by Gasteiger charge is -1.96. The number of hydrogen-bond acceptors (Lipinski definition) is 3. The predicted molar refractivity (Wildman–Crippen MR) is 75.0 cm³/mol. The Kier molecular flexibility index (Phi) is 4.06. The molecule has 0 fully saturated rings. The predicted octanol–water partition coefficient (Wildman–Crippen LogP) is 4.58. The van der Waals surface area contributed by atoms with Gasteiger partial charge in [-0.2, -0.15) is 0 Å². The number of allylic oxidation sites excluding steroid dienone is 1. The molecule has 5 heteroatoms. The molecule has 0 spiro atoms. The number of rotatable bonds is 4. The van der Waals surface area contributed by atoms with Crippen molar-refractivity contribution >= 4 is 17.4 Å². The van der Waals surface area contributed by atoms with E-state index in [0.717, 1.165) is 15.3 Å². The van der Waals surface area contributed by atoms with E-state index in [2.05, 4.69) is 0 Å². The summed E-state index contributed by atoms with van der Waals surface area (Å²) in [7, 11) is 0. The highest BCUT2D eigenvalue weighted by Gasteiger charge is 2.09. The minimum atomic E-state index is -0.364. The van der Waals surface area contributed by atoms with Gasteiger partial charge in [0.2, 0.25) is 5.70 Å². The van der Waals surface area contributed by atoms with E-state index in [1.807, 2.05) is 12.1 Å². The first-order valence-electron chi connectivity index (χ1n) is 5.81. The highest BCUT2D eigenvalue weighted by atomic mass is 32.1. The first kappa shape index (κ1) is 13.4. The summed E-state index contributed by atoms with van der Waals surface area (Å²) >= 11 is 1.45. The molecule has 2 rings (SSSR count). The highest BCUT2D eigenvalue weighted by Crippen LogP contribution is 2.29. The average Bonchev–Trinajstić information content (AvgIpc) is 2.85. The third-order valence-electron chi connectivity index (χ3n) is 2.66. The van der Waals surface area contributed by atoms with Gasteiger partial charge in [0.1, 0.15) is 5.82 Å². The van der Waals surface area contributed by atoms with Crippen molar-refractivity contribution in [3.05, 3.63) is 62.9 Å². The van der Waals surface area contributed by atoms with E-state index in [1.54, 1.807) is 25.1 Å². The molecule has 0 saturated heterocycles. The Morgan fingerprint density at radius 2 is 2.00 bits per heavy atom. The Labute approximate surface area is 114 Å². The summed E-state index contributed by atoms with van der Waals surface area (Å²) in [5, 5.41) is 10.7. The van der Waals surface area contributed by atoms with Crippen molar-refractivity contribution in [2.24, 2.45) is 0 Å². The van der Waals surface area contributed by atoms with E-state index in [1.165, 1.54) is 23.5 Å². The Balaban J connectivity index is 2.29. The maximum atomic E-state index is 12.8. The Morgan fingerprint density at radius 1 is 1.32 bits per heavy atom. The summed E-state index contributed by atoms with van der Waals surface area (Å²) in [5.74, 6) is -0.276. The molecule has 19 heavy (non-hydrogen) atoms. The molecule has 1 heterocycles. The molecule has 1 aromatic carbocycles. The van der Waals surface area contributed by atoms with Crippen molar-refractivity contribution in [1.29, 1.82) is 0 Å². The molecular weight excluding hydrogens is 265 g/mol. The van der Waals surface area contributed by atoms with Gasteiger partial charge in [0.05, 0.1) is 4.92 Å². The van der Waals surface area contributed by atoms with E-state index >= 15 is 0 Å². The van der Waals surface area contributed by atoms with Crippen molar-refractivity contribution in [3.8, 4) is 10.4 Å². The van der Waals surface area contributed by atoms with Crippen LogP contribution in [0.2, 0.25) is 0 Å². The second-order valence-corrected chi connectivity index (χ2v) is 5.07. The molecule has 3 nitrogen and oxygen atoms in total. The molecule has 0 N–H and O–H groups in total. The van der Waals surface area contributed by atoms with Crippen LogP contribution >= 0.6 is 11.3 Å². The molecule has 0 radical (unpaired) electrons. The van der Waals surface area contributed by atoms with Gasteiger partial charge in [-0.1, -0.05) is 19.1 Å². The Hall–Kier alpha value is -2.01. The molecular formula is C14H12FNO2S. The quantitative estimate of drug-likeness (QED) is 0.606. The number of thiophene rings is 1. The van der Waals surface area contributed by atoms with Gasteiger partial charge in [-0.25, -0.2) is 4.39 Å². The van der Waals surface area contributed by atoms with Crippen molar-refractivity contribution in [3.63, 3.8) is 0 Å². The topological polar surface area (TPSA) is 43.1 Å². The van der Waals surface area contributed by atoms with Crippen LogP contribution in [0.1, 0.15) is 18.2 Å². The Bertz CT molecular complexity index is 617. The standard InChI is InChI=1S/C14H12FNO2S/c1-2-12(16(17)18)9-13-7-8-14(19-13)10-3-5-11(15)6-4-10/h3-9H,2H2,1H3. The third-order valence-corrected chi connectivity index (χ3v) is 3.74. The molecule has 1 aromatic heterocycles. The number of benzene rings is 1. The van der Waals surface area contributed by atoms with E-state index in [-0.39, 0.29) is 16.4 Å². The number of nitrogens with zero attached hydrogens (tertiary/aromatic N) is 1. The lowest BCUT2D eigenvalue weighted by atomic mass is 10.2. The molecule has 0 aliphatic rings. The summed E-state index contributed by atoms with van der Waals surface area (Å²) in [6, 6.07) is 9.92. The smallest absolute Gasteiger partial charge is 0.247 e. The van der Waals surface area contributed by atoms with E-state index in [4.69, 9.17) is 0 Å². The minimum absolute atomic E-state index is 0.188. The van der Waals surface area contributed by atoms with Gasteiger partial charge in [-0.3, -0.25) is 10.1 Å². The summed E-state index contributed by atoms with van der Waals surface area (Å²) in [6.45, 7) is 1.75. The third kappa shape index (κ3) is 3.26. The van der Waals surface area contributed by atoms with E-state index in [9.17, 15) is 14.5 Å². The molecule has 0 amide bonds. The van der Waals surface area contributed by atoms with Gasteiger partial charge in [0, 0.05) is 22.3 Å². The molecule has 2 aromatic rings. The fraction of sp³-hybridized carbons (Fsp3) is 0.143. The van der Waals surface area contributed by atoms with Gasteiger partial charge in [-0.15, -0.1) is 11.3 Å². The number of halogens is 1. The number of nitro groups is 1. The van der Waals surface area contributed by atoms with Gasteiger partial charge >= 0.3 is 0 Å². The summed E-state index contributed by atoms with van der Waals surface area (Å²) in [5.41, 5.74) is 1.10. The molecule has 0 aliphatic carbocycles. The maximum Gasteiger partial charge on any atom is 0.247 e. The molecule has 0 saturated carbocycles. The van der Waals surface area contributed by atoms with Gasteiger partial charge in [0.15, 0.2) is 0 Å². The first-order chi connectivity index (χ1) is 9.10. The van der Waals surface area contributed by atoms with Crippen LogP contribution in [-0.2, 0) is 0 Å². The van der Waals surface area contributed by atoms with Crippen molar-refractivity contribution < 1.29 is 9.31 Å². The molecule has 0 bridgehead atoms. The Morgan fingerprint density at radius 3 is 2.58 bits per heavy atom. The number of hydrogen-bond donors (Lipinski definition) is 0. The lowest BCUT2D eigenvalue weighted by molar-refractivity contribution is -0.425. The summed E-state index contributed by atoms with van der Waals surface area (Å²) in [4.78, 5) is 12.2. The molecule has 98 valence electrons. The van der Waals surface area contributed by atoms with Gasteiger partial charge in [-0.05, 0) is 29.8 Å². The fourth-order valence-electron chi connectivity index (χ4n) is 1.65. The lowest BCUT2D eigenvalue weighted by Crippen LogP contribution is -1.95. The van der Waals surface area contributed by atoms with E-state index < -0.39 is 0 Å². The van der Waals surface area contributed by atoms with Crippen LogP contribution in [0.15, 0.2) is 42.1 Å². The SMILES string of the molecule is CCC(=Cc1ccc(-c2ccc(F)cc2)s1)[N+](=O)[O-]. The highest BCUT2D eigenvalue weighted by molar-refractivity contribution is 7.16.